The number of rotatable bonds is 7. The summed E-state index contributed by atoms with van der Waals surface area (Å²) in [5, 5.41) is 8.79. The Kier molecular flexibility index (Phi) is 6.82. The van der Waals surface area contributed by atoms with Gasteiger partial charge in [0.15, 0.2) is 0 Å². The molecule has 2 aromatic rings. The van der Waals surface area contributed by atoms with Crippen molar-refractivity contribution in [2.45, 2.75) is 33.2 Å². The van der Waals surface area contributed by atoms with Crippen LogP contribution in [0.15, 0.2) is 48.5 Å². The SMILES string of the molecule is CCOc1ccccc1NC(=O)CNc1ccc(C(=O)NC(C)(C)C)cc1. The van der Waals surface area contributed by atoms with E-state index >= 15 is 0 Å². The first-order valence-corrected chi connectivity index (χ1v) is 8.96. The highest BCUT2D eigenvalue weighted by molar-refractivity contribution is 5.96. The van der Waals surface area contributed by atoms with Crippen molar-refractivity contribution in [3.63, 3.8) is 0 Å². The predicted octanol–water partition coefficient (Wildman–Crippen LogP) is 3.66. The molecule has 0 spiro atoms. The van der Waals surface area contributed by atoms with Crippen molar-refractivity contribution in [1.29, 1.82) is 0 Å². The van der Waals surface area contributed by atoms with Crippen LogP contribution >= 0.6 is 0 Å². The van der Waals surface area contributed by atoms with E-state index in [4.69, 9.17) is 4.74 Å². The standard InChI is InChI=1S/C21H27N3O3/c1-5-27-18-9-7-6-8-17(18)23-19(25)14-22-16-12-10-15(11-13-16)20(26)24-21(2,3)4/h6-13,22H,5,14H2,1-4H3,(H,23,25)(H,24,26). The Bertz CT molecular complexity index is 780. The second-order valence-corrected chi connectivity index (χ2v) is 7.11. The minimum absolute atomic E-state index is 0.105. The summed E-state index contributed by atoms with van der Waals surface area (Å²) in [6.07, 6.45) is 0. The molecule has 3 N–H and O–H groups in total. The lowest BCUT2D eigenvalue weighted by Gasteiger charge is -2.20. The van der Waals surface area contributed by atoms with Gasteiger partial charge in [0.25, 0.3) is 5.91 Å². The quantitative estimate of drug-likeness (QED) is 0.696. The Morgan fingerprint density at radius 3 is 2.30 bits per heavy atom. The Labute approximate surface area is 160 Å². The Morgan fingerprint density at radius 1 is 1.00 bits per heavy atom. The van der Waals surface area contributed by atoms with Crippen molar-refractivity contribution >= 4 is 23.2 Å². The number of para-hydroxylation sites is 2. The summed E-state index contributed by atoms with van der Waals surface area (Å²) < 4.78 is 5.50. The van der Waals surface area contributed by atoms with E-state index in [-0.39, 0.29) is 23.9 Å². The first-order chi connectivity index (χ1) is 12.8. The molecular formula is C21H27N3O3. The van der Waals surface area contributed by atoms with Gasteiger partial charge in [-0.05, 0) is 64.1 Å². The van der Waals surface area contributed by atoms with Crippen LogP contribution in [-0.4, -0.2) is 30.5 Å². The monoisotopic (exact) mass is 369 g/mol. The number of carbonyl (C=O) groups excluding carboxylic acids is 2. The Balaban J connectivity index is 1.89. The van der Waals surface area contributed by atoms with Gasteiger partial charge in [0, 0.05) is 16.8 Å². The summed E-state index contributed by atoms with van der Waals surface area (Å²) >= 11 is 0. The van der Waals surface area contributed by atoms with Crippen molar-refractivity contribution in [2.75, 3.05) is 23.8 Å². The molecule has 2 aromatic carbocycles. The van der Waals surface area contributed by atoms with Gasteiger partial charge in [-0.3, -0.25) is 9.59 Å². The average Bonchev–Trinajstić information content (AvgIpc) is 2.61. The van der Waals surface area contributed by atoms with E-state index < -0.39 is 0 Å². The second kappa shape index (κ2) is 9.07. The third kappa shape index (κ3) is 6.66. The molecule has 0 saturated carbocycles. The first kappa shape index (κ1) is 20.3. The molecule has 27 heavy (non-hydrogen) atoms. The van der Waals surface area contributed by atoms with E-state index in [9.17, 15) is 9.59 Å². The highest BCUT2D eigenvalue weighted by atomic mass is 16.5. The molecule has 0 fully saturated rings. The lowest BCUT2D eigenvalue weighted by Crippen LogP contribution is -2.40. The zero-order valence-electron chi connectivity index (χ0n) is 16.3. The van der Waals surface area contributed by atoms with Gasteiger partial charge < -0.3 is 20.7 Å². The lowest BCUT2D eigenvalue weighted by atomic mass is 10.1. The number of nitrogens with one attached hydrogen (secondary N) is 3. The van der Waals surface area contributed by atoms with Crippen LogP contribution in [0.25, 0.3) is 0 Å². The summed E-state index contributed by atoms with van der Waals surface area (Å²) in [4.78, 5) is 24.3. The molecule has 0 aromatic heterocycles. The van der Waals surface area contributed by atoms with Gasteiger partial charge >= 0.3 is 0 Å². The van der Waals surface area contributed by atoms with Crippen LogP contribution < -0.4 is 20.7 Å². The predicted molar refractivity (Wildman–Crippen MR) is 108 cm³/mol. The number of carbonyl (C=O) groups is 2. The van der Waals surface area contributed by atoms with E-state index in [1.165, 1.54) is 0 Å². The molecular weight excluding hydrogens is 342 g/mol. The molecule has 0 radical (unpaired) electrons. The van der Waals surface area contributed by atoms with Gasteiger partial charge in [-0.25, -0.2) is 0 Å². The molecule has 6 heteroatoms. The normalized spacial score (nSPS) is 10.8. The number of anilines is 2. The van der Waals surface area contributed by atoms with Gasteiger partial charge in [-0.1, -0.05) is 12.1 Å². The molecule has 0 heterocycles. The topological polar surface area (TPSA) is 79.5 Å². The summed E-state index contributed by atoms with van der Waals surface area (Å²) in [6, 6.07) is 14.3. The molecule has 144 valence electrons. The average molecular weight is 369 g/mol. The van der Waals surface area contributed by atoms with Crippen LogP contribution in [0.4, 0.5) is 11.4 Å². The fourth-order valence-corrected chi connectivity index (χ4v) is 2.38. The number of hydrogen-bond donors (Lipinski definition) is 3. The summed E-state index contributed by atoms with van der Waals surface area (Å²) in [7, 11) is 0. The number of amides is 2. The largest absolute Gasteiger partial charge is 0.492 e. The van der Waals surface area contributed by atoms with Crippen LogP contribution in [0.1, 0.15) is 38.1 Å². The summed E-state index contributed by atoms with van der Waals surface area (Å²) in [6.45, 7) is 8.33. The second-order valence-electron chi connectivity index (χ2n) is 7.11. The molecule has 0 aliphatic carbocycles. The molecule has 2 amide bonds. The molecule has 0 bridgehead atoms. The van der Waals surface area contributed by atoms with E-state index in [1.807, 2.05) is 45.9 Å². The van der Waals surface area contributed by atoms with Crippen LogP contribution in [0.3, 0.4) is 0 Å². The molecule has 0 aliphatic rings. The maximum Gasteiger partial charge on any atom is 0.251 e. The number of hydrogen-bond acceptors (Lipinski definition) is 4. The maximum atomic E-state index is 12.2. The molecule has 6 nitrogen and oxygen atoms in total. The van der Waals surface area contributed by atoms with E-state index in [0.717, 1.165) is 5.69 Å². The van der Waals surface area contributed by atoms with Crippen molar-refractivity contribution < 1.29 is 14.3 Å². The first-order valence-electron chi connectivity index (χ1n) is 8.96. The fraction of sp³-hybridized carbons (Fsp3) is 0.333. The van der Waals surface area contributed by atoms with Gasteiger partial charge in [0.2, 0.25) is 5.91 Å². The van der Waals surface area contributed by atoms with Crippen molar-refractivity contribution in [3.8, 4) is 5.75 Å². The Morgan fingerprint density at radius 2 is 1.67 bits per heavy atom. The minimum Gasteiger partial charge on any atom is -0.492 e. The van der Waals surface area contributed by atoms with Crippen LogP contribution in [0, 0.1) is 0 Å². The zero-order valence-corrected chi connectivity index (χ0v) is 16.3. The van der Waals surface area contributed by atoms with Gasteiger partial charge in [0.1, 0.15) is 5.75 Å². The molecule has 0 unspecified atom stereocenters. The van der Waals surface area contributed by atoms with Crippen LogP contribution in [-0.2, 0) is 4.79 Å². The number of benzene rings is 2. The minimum atomic E-state index is -0.288. The highest BCUT2D eigenvalue weighted by Gasteiger charge is 2.15. The summed E-state index contributed by atoms with van der Waals surface area (Å²) in [5.74, 6) is 0.332. The zero-order chi connectivity index (χ0) is 19.9. The highest BCUT2D eigenvalue weighted by Crippen LogP contribution is 2.23. The summed E-state index contributed by atoms with van der Waals surface area (Å²) in [5.41, 5.74) is 1.69. The maximum absolute atomic E-state index is 12.2. The molecule has 2 rings (SSSR count). The number of ether oxygens (including phenoxy) is 1. The molecule has 0 saturated heterocycles. The third-order valence-electron chi connectivity index (χ3n) is 3.55. The smallest absolute Gasteiger partial charge is 0.251 e. The van der Waals surface area contributed by atoms with E-state index in [0.29, 0.717) is 23.6 Å². The van der Waals surface area contributed by atoms with E-state index in [1.54, 1.807) is 30.3 Å². The van der Waals surface area contributed by atoms with Crippen LogP contribution in [0.2, 0.25) is 0 Å². The fourth-order valence-electron chi connectivity index (χ4n) is 2.38. The van der Waals surface area contributed by atoms with Crippen molar-refractivity contribution in [3.05, 3.63) is 54.1 Å². The van der Waals surface area contributed by atoms with Gasteiger partial charge in [-0.15, -0.1) is 0 Å². The Hall–Kier alpha value is -3.02. The van der Waals surface area contributed by atoms with Crippen molar-refractivity contribution in [2.24, 2.45) is 0 Å². The van der Waals surface area contributed by atoms with Gasteiger partial charge in [0.05, 0.1) is 18.8 Å². The lowest BCUT2D eigenvalue weighted by molar-refractivity contribution is -0.114. The molecule has 0 aliphatic heterocycles. The van der Waals surface area contributed by atoms with E-state index in [2.05, 4.69) is 16.0 Å². The van der Waals surface area contributed by atoms with Gasteiger partial charge in [-0.2, -0.15) is 0 Å². The molecule has 0 atom stereocenters. The van der Waals surface area contributed by atoms with Crippen LogP contribution in [0.5, 0.6) is 5.75 Å². The van der Waals surface area contributed by atoms with Crippen molar-refractivity contribution in [1.82, 2.24) is 5.32 Å². The third-order valence-corrected chi connectivity index (χ3v) is 3.55.